The largest absolute Gasteiger partial charge is 0.496 e. The number of amides is 1. The monoisotopic (exact) mass is 423 g/mol. The molecule has 1 aromatic heterocycles. The fraction of sp³-hybridized carbons (Fsp3) is 0.261. The average molecular weight is 423 g/mol. The van der Waals surface area contributed by atoms with Crippen LogP contribution in [-0.2, 0) is 12.0 Å². The van der Waals surface area contributed by atoms with Gasteiger partial charge >= 0.3 is 5.69 Å². The number of hydrogen-bond acceptors (Lipinski definition) is 4. The van der Waals surface area contributed by atoms with E-state index < -0.39 is 22.5 Å². The molecule has 0 atom stereocenters. The molecule has 0 bridgehead atoms. The van der Waals surface area contributed by atoms with Crippen LogP contribution in [0.15, 0.2) is 46.1 Å². The highest BCUT2D eigenvalue weighted by atomic mass is 19.1. The lowest BCUT2D eigenvalue weighted by molar-refractivity contribution is 0.0965. The molecule has 4 rings (SSSR count). The number of carbonyl (C=O) groups is 1. The summed E-state index contributed by atoms with van der Waals surface area (Å²) in [6.45, 7) is 6.26. The summed E-state index contributed by atoms with van der Waals surface area (Å²) in [5.74, 6) is -0.595. The van der Waals surface area contributed by atoms with Crippen LogP contribution in [0.4, 0.5) is 4.39 Å². The van der Waals surface area contributed by atoms with Crippen molar-refractivity contribution in [2.45, 2.75) is 32.7 Å². The van der Waals surface area contributed by atoms with E-state index in [4.69, 9.17) is 4.74 Å². The van der Waals surface area contributed by atoms with Gasteiger partial charge in [-0.3, -0.25) is 19.1 Å². The number of methoxy groups -OCH3 is 1. The van der Waals surface area contributed by atoms with E-state index in [1.165, 1.54) is 13.3 Å². The van der Waals surface area contributed by atoms with Gasteiger partial charge in [0.2, 0.25) is 0 Å². The van der Waals surface area contributed by atoms with Crippen LogP contribution in [0.5, 0.6) is 5.75 Å². The minimum atomic E-state index is -0.754. The Kier molecular flexibility index (Phi) is 4.80. The molecule has 0 radical (unpaired) electrons. The van der Waals surface area contributed by atoms with Crippen molar-refractivity contribution in [3.63, 3.8) is 0 Å². The lowest BCUT2D eigenvalue weighted by Crippen LogP contribution is -2.28. The van der Waals surface area contributed by atoms with Crippen LogP contribution in [0.3, 0.4) is 0 Å². The number of fused-ring (bicyclic) bond motifs is 1. The number of ether oxygens (including phenoxy) is 1. The molecular formula is C23H22FN3O4. The number of nitrogens with zero attached hydrogens (tertiary/aromatic N) is 1. The third-order valence-electron chi connectivity index (χ3n) is 5.38. The van der Waals surface area contributed by atoms with Gasteiger partial charge in [0, 0.05) is 29.9 Å². The first kappa shape index (κ1) is 20.6. The van der Waals surface area contributed by atoms with Gasteiger partial charge in [-0.15, -0.1) is 0 Å². The normalized spacial score (nSPS) is 13.1. The summed E-state index contributed by atoms with van der Waals surface area (Å²) in [7, 11) is 1.46. The smallest absolute Gasteiger partial charge is 0.333 e. The number of aromatic amines is 1. The SMILES string of the molecule is COc1c(C(C)(C)C)cc(-n2ccc(=O)[nH]c2=O)c(F)c1-c1ccc2c(c1)C(=O)NC2. The summed E-state index contributed by atoms with van der Waals surface area (Å²) < 4.78 is 22.6. The van der Waals surface area contributed by atoms with Crippen LogP contribution >= 0.6 is 0 Å². The van der Waals surface area contributed by atoms with Crippen molar-refractivity contribution >= 4 is 5.91 Å². The summed E-state index contributed by atoms with van der Waals surface area (Å²) in [5, 5.41) is 2.75. The summed E-state index contributed by atoms with van der Waals surface area (Å²) in [6.07, 6.45) is 1.23. The van der Waals surface area contributed by atoms with E-state index in [1.54, 1.807) is 24.3 Å². The number of nitrogens with one attached hydrogen (secondary N) is 2. The van der Waals surface area contributed by atoms with Crippen molar-refractivity contribution in [1.29, 1.82) is 0 Å². The molecule has 1 amide bonds. The van der Waals surface area contributed by atoms with E-state index >= 15 is 4.39 Å². The van der Waals surface area contributed by atoms with E-state index in [1.807, 2.05) is 20.8 Å². The third kappa shape index (κ3) is 3.43. The van der Waals surface area contributed by atoms with Crippen LogP contribution in [0.25, 0.3) is 16.8 Å². The minimum Gasteiger partial charge on any atom is -0.496 e. The van der Waals surface area contributed by atoms with Gasteiger partial charge in [-0.05, 0) is 28.7 Å². The molecular weight excluding hydrogens is 401 g/mol. The van der Waals surface area contributed by atoms with Gasteiger partial charge in [0.1, 0.15) is 5.75 Å². The maximum absolute atomic E-state index is 16.0. The van der Waals surface area contributed by atoms with Gasteiger partial charge in [-0.1, -0.05) is 32.9 Å². The maximum Gasteiger partial charge on any atom is 0.333 e. The van der Waals surface area contributed by atoms with Gasteiger partial charge in [0.25, 0.3) is 11.5 Å². The number of H-pyrrole nitrogens is 1. The first-order chi connectivity index (χ1) is 14.6. The molecule has 1 aliphatic rings. The average Bonchev–Trinajstić information content (AvgIpc) is 3.07. The molecule has 160 valence electrons. The summed E-state index contributed by atoms with van der Waals surface area (Å²) >= 11 is 0. The Morgan fingerprint density at radius 1 is 1.10 bits per heavy atom. The molecule has 3 aromatic rings. The number of carbonyl (C=O) groups excluding carboxylic acids is 1. The third-order valence-corrected chi connectivity index (χ3v) is 5.38. The molecule has 0 aliphatic carbocycles. The van der Waals surface area contributed by atoms with Crippen LogP contribution in [0.2, 0.25) is 0 Å². The molecule has 2 aromatic carbocycles. The number of halogens is 1. The topological polar surface area (TPSA) is 93.2 Å². The molecule has 1 aliphatic heterocycles. The Hall–Kier alpha value is -3.68. The van der Waals surface area contributed by atoms with Gasteiger partial charge in [0.15, 0.2) is 5.82 Å². The molecule has 0 saturated carbocycles. The summed E-state index contributed by atoms with van der Waals surface area (Å²) in [6, 6.07) is 7.84. The van der Waals surface area contributed by atoms with E-state index in [0.717, 1.165) is 16.2 Å². The van der Waals surface area contributed by atoms with Crippen molar-refractivity contribution in [1.82, 2.24) is 14.9 Å². The summed E-state index contributed by atoms with van der Waals surface area (Å²) in [5.41, 5.74) is 0.770. The van der Waals surface area contributed by atoms with Crippen LogP contribution in [-0.4, -0.2) is 22.6 Å². The zero-order valence-electron chi connectivity index (χ0n) is 17.6. The number of hydrogen-bond donors (Lipinski definition) is 2. The van der Waals surface area contributed by atoms with Gasteiger partial charge in [0.05, 0.1) is 18.4 Å². The number of rotatable bonds is 3. The highest BCUT2D eigenvalue weighted by Gasteiger charge is 2.29. The Morgan fingerprint density at radius 2 is 1.84 bits per heavy atom. The molecule has 8 heteroatoms. The van der Waals surface area contributed by atoms with Crippen LogP contribution in [0, 0.1) is 5.82 Å². The molecule has 7 nitrogen and oxygen atoms in total. The molecule has 0 saturated heterocycles. The van der Waals surface area contributed by atoms with Gasteiger partial charge in [-0.25, -0.2) is 9.18 Å². The molecule has 31 heavy (non-hydrogen) atoms. The molecule has 2 N–H and O–H groups in total. The fourth-order valence-electron chi connectivity index (χ4n) is 3.81. The minimum absolute atomic E-state index is 0.0214. The van der Waals surface area contributed by atoms with E-state index in [-0.39, 0.29) is 17.2 Å². The molecule has 2 heterocycles. The lowest BCUT2D eigenvalue weighted by atomic mass is 9.83. The predicted molar refractivity (Wildman–Crippen MR) is 114 cm³/mol. The molecule has 0 fully saturated rings. The Balaban J connectivity index is 2.09. The van der Waals surface area contributed by atoms with Crippen molar-refractivity contribution in [3.8, 4) is 22.6 Å². The van der Waals surface area contributed by atoms with E-state index in [0.29, 0.717) is 29.0 Å². The standard InChI is InChI=1S/C23H22FN3O4/c1-23(2,3)15-10-16(27-8-7-17(28)26-22(27)30)19(24)18(20(15)31-4)12-5-6-13-11-25-21(29)14(13)9-12/h5-10H,11H2,1-4H3,(H,25,29)(H,26,28,30). The Labute approximate surface area is 177 Å². The molecule has 0 unspecified atom stereocenters. The quantitative estimate of drug-likeness (QED) is 0.678. The second kappa shape index (κ2) is 7.23. The van der Waals surface area contributed by atoms with Gasteiger partial charge in [-0.2, -0.15) is 0 Å². The van der Waals surface area contributed by atoms with E-state index in [9.17, 15) is 14.4 Å². The van der Waals surface area contributed by atoms with Crippen molar-refractivity contribution in [2.24, 2.45) is 0 Å². The lowest BCUT2D eigenvalue weighted by Gasteiger charge is -2.26. The Morgan fingerprint density at radius 3 is 2.48 bits per heavy atom. The zero-order chi connectivity index (χ0) is 22.5. The fourth-order valence-corrected chi connectivity index (χ4v) is 3.81. The molecule has 0 spiro atoms. The van der Waals surface area contributed by atoms with Crippen molar-refractivity contribution in [2.75, 3.05) is 7.11 Å². The first-order valence-electron chi connectivity index (χ1n) is 9.76. The zero-order valence-corrected chi connectivity index (χ0v) is 17.6. The second-order valence-electron chi connectivity index (χ2n) is 8.45. The maximum atomic E-state index is 16.0. The predicted octanol–water partition coefficient (Wildman–Crippen LogP) is 2.88. The van der Waals surface area contributed by atoms with Gasteiger partial charge < -0.3 is 10.1 Å². The second-order valence-corrected chi connectivity index (χ2v) is 8.45. The number of aromatic nitrogens is 2. The first-order valence-corrected chi connectivity index (χ1v) is 9.76. The summed E-state index contributed by atoms with van der Waals surface area (Å²) in [4.78, 5) is 38.2. The highest BCUT2D eigenvalue weighted by molar-refractivity contribution is 5.99. The van der Waals surface area contributed by atoms with Crippen molar-refractivity contribution < 1.29 is 13.9 Å². The van der Waals surface area contributed by atoms with E-state index in [2.05, 4.69) is 10.3 Å². The Bertz CT molecular complexity index is 1330. The highest BCUT2D eigenvalue weighted by Crippen LogP contribution is 2.43. The van der Waals surface area contributed by atoms with Crippen molar-refractivity contribution in [3.05, 3.63) is 79.9 Å². The van der Waals surface area contributed by atoms with Crippen LogP contribution < -0.4 is 21.3 Å². The number of benzene rings is 2. The van der Waals surface area contributed by atoms with Crippen LogP contribution in [0.1, 0.15) is 42.3 Å².